The van der Waals surface area contributed by atoms with E-state index in [1.54, 1.807) is 0 Å². The largest absolute Gasteiger partial charge is 0.390 e. The van der Waals surface area contributed by atoms with Gasteiger partial charge in [-0.3, -0.25) is 0 Å². The minimum absolute atomic E-state index is 0.550. The van der Waals surface area contributed by atoms with Gasteiger partial charge in [-0.05, 0) is 19.8 Å². The Kier molecular flexibility index (Phi) is 3.68. The second-order valence-electron chi connectivity index (χ2n) is 5.01. The molecule has 6 heteroatoms. The molecule has 0 unspecified atom stereocenters. The maximum atomic E-state index is 9.95. The number of anilines is 2. The lowest BCUT2D eigenvalue weighted by Gasteiger charge is -2.36. The normalized spacial score (nSPS) is 18.8. The lowest BCUT2D eigenvalue weighted by Crippen LogP contribution is -2.42. The lowest BCUT2D eigenvalue weighted by atomic mass is 9.94. The summed E-state index contributed by atoms with van der Waals surface area (Å²) >= 11 is 0. The third-order valence-electron chi connectivity index (χ3n) is 3.39. The molecule has 18 heavy (non-hydrogen) atoms. The van der Waals surface area contributed by atoms with E-state index in [-0.39, 0.29) is 0 Å². The Balaban J connectivity index is 2.18. The third-order valence-corrected chi connectivity index (χ3v) is 3.39. The van der Waals surface area contributed by atoms with Crippen LogP contribution in [-0.2, 0) is 6.42 Å². The van der Waals surface area contributed by atoms with Crippen LogP contribution in [0.5, 0.6) is 0 Å². The molecule has 1 aromatic heterocycles. The van der Waals surface area contributed by atoms with Gasteiger partial charge in [-0.15, -0.1) is 0 Å². The minimum Gasteiger partial charge on any atom is -0.390 e. The summed E-state index contributed by atoms with van der Waals surface area (Å²) < 4.78 is 0. The molecule has 0 spiro atoms. The number of nitrogens with two attached hydrogens (primary N) is 1. The van der Waals surface area contributed by atoms with E-state index in [2.05, 4.69) is 20.3 Å². The molecule has 1 aliphatic heterocycles. The van der Waals surface area contributed by atoms with Gasteiger partial charge in [-0.25, -0.2) is 15.8 Å². The summed E-state index contributed by atoms with van der Waals surface area (Å²) in [6, 6.07) is 1.85. The van der Waals surface area contributed by atoms with Crippen LogP contribution in [0, 0.1) is 0 Å². The number of aromatic nitrogens is 2. The highest BCUT2D eigenvalue weighted by atomic mass is 16.3. The fourth-order valence-electron chi connectivity index (χ4n) is 2.09. The van der Waals surface area contributed by atoms with Crippen LogP contribution in [-0.4, -0.2) is 33.8 Å². The number of piperidine rings is 1. The number of rotatable bonds is 3. The molecule has 0 bridgehead atoms. The number of hydrazine groups is 1. The van der Waals surface area contributed by atoms with Crippen molar-refractivity contribution < 1.29 is 5.11 Å². The highest BCUT2D eigenvalue weighted by Crippen LogP contribution is 2.25. The fourth-order valence-corrected chi connectivity index (χ4v) is 2.09. The highest BCUT2D eigenvalue weighted by Gasteiger charge is 2.28. The number of nitrogen functional groups attached to an aromatic ring is 1. The Morgan fingerprint density at radius 2 is 2.11 bits per heavy atom. The van der Waals surface area contributed by atoms with Crippen molar-refractivity contribution in [1.29, 1.82) is 0 Å². The molecule has 0 aliphatic carbocycles. The standard InChI is InChI=1S/C12H21N5O/c1-3-9-14-10(16-13)8-11(15-9)17-6-4-12(2,18)5-7-17/h8,18H,3-7,13H2,1-2H3,(H,14,15,16). The van der Waals surface area contributed by atoms with Crippen LogP contribution in [0.25, 0.3) is 0 Å². The van der Waals surface area contributed by atoms with E-state index in [0.29, 0.717) is 5.82 Å². The van der Waals surface area contributed by atoms with Crippen molar-refractivity contribution >= 4 is 11.6 Å². The monoisotopic (exact) mass is 251 g/mol. The summed E-state index contributed by atoms with van der Waals surface area (Å²) in [5.74, 6) is 7.71. The van der Waals surface area contributed by atoms with Gasteiger partial charge in [0.25, 0.3) is 0 Å². The average molecular weight is 251 g/mol. The Labute approximate surface area is 107 Å². The Morgan fingerprint density at radius 1 is 1.44 bits per heavy atom. The van der Waals surface area contributed by atoms with Gasteiger partial charge in [0.15, 0.2) is 0 Å². The van der Waals surface area contributed by atoms with Crippen LogP contribution >= 0.6 is 0 Å². The van der Waals surface area contributed by atoms with Gasteiger partial charge >= 0.3 is 0 Å². The molecule has 2 rings (SSSR count). The summed E-state index contributed by atoms with van der Waals surface area (Å²) in [6.45, 7) is 5.50. The second-order valence-corrected chi connectivity index (χ2v) is 5.01. The van der Waals surface area contributed by atoms with Crippen molar-refractivity contribution in [2.24, 2.45) is 5.84 Å². The summed E-state index contributed by atoms with van der Waals surface area (Å²) in [6.07, 6.45) is 2.28. The number of aryl methyl sites for hydroxylation is 1. The van der Waals surface area contributed by atoms with E-state index in [4.69, 9.17) is 5.84 Å². The highest BCUT2D eigenvalue weighted by molar-refractivity contribution is 5.49. The van der Waals surface area contributed by atoms with Crippen molar-refractivity contribution in [2.75, 3.05) is 23.4 Å². The first-order valence-electron chi connectivity index (χ1n) is 6.36. The van der Waals surface area contributed by atoms with Crippen molar-refractivity contribution in [3.63, 3.8) is 0 Å². The maximum Gasteiger partial charge on any atom is 0.145 e. The number of hydrogen-bond acceptors (Lipinski definition) is 6. The molecule has 1 saturated heterocycles. The maximum absolute atomic E-state index is 9.95. The average Bonchev–Trinajstić information content (AvgIpc) is 2.38. The summed E-state index contributed by atoms with van der Waals surface area (Å²) in [5, 5.41) is 9.95. The summed E-state index contributed by atoms with van der Waals surface area (Å²) in [5.41, 5.74) is 2.02. The zero-order valence-electron chi connectivity index (χ0n) is 11.0. The molecular weight excluding hydrogens is 230 g/mol. The minimum atomic E-state index is -0.550. The molecule has 4 N–H and O–H groups in total. The van der Waals surface area contributed by atoms with Gasteiger partial charge in [0.1, 0.15) is 17.5 Å². The molecule has 0 atom stereocenters. The van der Waals surface area contributed by atoms with Gasteiger partial charge in [0.2, 0.25) is 0 Å². The first kappa shape index (κ1) is 13.0. The molecule has 6 nitrogen and oxygen atoms in total. The van der Waals surface area contributed by atoms with Crippen molar-refractivity contribution in [2.45, 2.75) is 38.7 Å². The molecule has 2 heterocycles. The van der Waals surface area contributed by atoms with Gasteiger partial charge in [-0.2, -0.15) is 0 Å². The van der Waals surface area contributed by atoms with E-state index in [0.717, 1.165) is 44.0 Å². The van der Waals surface area contributed by atoms with E-state index in [1.807, 2.05) is 19.9 Å². The van der Waals surface area contributed by atoms with Crippen molar-refractivity contribution in [3.8, 4) is 0 Å². The molecule has 0 saturated carbocycles. The van der Waals surface area contributed by atoms with Gasteiger partial charge in [0, 0.05) is 25.6 Å². The Hall–Kier alpha value is -1.40. The predicted octanol–water partition coefficient (Wildman–Crippen LogP) is 0.676. The number of nitrogens with zero attached hydrogens (tertiary/aromatic N) is 3. The molecule has 0 aromatic carbocycles. The SMILES string of the molecule is CCc1nc(NN)cc(N2CCC(C)(O)CC2)n1. The van der Waals surface area contributed by atoms with Crippen LogP contribution in [0.1, 0.15) is 32.5 Å². The quantitative estimate of drug-likeness (QED) is 0.541. The zero-order chi connectivity index (χ0) is 13.2. The Bertz CT molecular complexity index is 389. The van der Waals surface area contributed by atoms with Crippen LogP contribution in [0.3, 0.4) is 0 Å². The zero-order valence-corrected chi connectivity index (χ0v) is 11.0. The van der Waals surface area contributed by atoms with Gasteiger partial charge in [0.05, 0.1) is 5.60 Å². The fraction of sp³-hybridized carbons (Fsp3) is 0.667. The molecule has 1 aliphatic rings. The molecule has 1 aromatic rings. The number of aliphatic hydroxyl groups is 1. The van der Waals surface area contributed by atoms with Crippen molar-refractivity contribution in [1.82, 2.24) is 9.97 Å². The number of nitrogens with one attached hydrogen (secondary N) is 1. The summed E-state index contributed by atoms with van der Waals surface area (Å²) in [7, 11) is 0. The first-order valence-corrected chi connectivity index (χ1v) is 6.36. The van der Waals surface area contributed by atoms with E-state index < -0.39 is 5.60 Å². The first-order chi connectivity index (χ1) is 8.54. The van der Waals surface area contributed by atoms with E-state index in [9.17, 15) is 5.11 Å². The topological polar surface area (TPSA) is 87.3 Å². The predicted molar refractivity (Wildman–Crippen MR) is 71.3 cm³/mol. The molecule has 100 valence electrons. The second kappa shape index (κ2) is 5.07. The lowest BCUT2D eigenvalue weighted by molar-refractivity contribution is 0.0350. The molecule has 0 radical (unpaired) electrons. The van der Waals surface area contributed by atoms with Crippen LogP contribution in [0.4, 0.5) is 11.6 Å². The molecular formula is C12H21N5O. The molecule has 1 fully saturated rings. The smallest absolute Gasteiger partial charge is 0.145 e. The molecule has 0 amide bonds. The van der Waals surface area contributed by atoms with E-state index in [1.165, 1.54) is 0 Å². The van der Waals surface area contributed by atoms with Crippen LogP contribution in [0.2, 0.25) is 0 Å². The van der Waals surface area contributed by atoms with Gasteiger partial charge < -0.3 is 15.4 Å². The third kappa shape index (κ3) is 2.88. The number of hydrogen-bond donors (Lipinski definition) is 3. The van der Waals surface area contributed by atoms with Gasteiger partial charge in [-0.1, -0.05) is 6.92 Å². The summed E-state index contributed by atoms with van der Waals surface area (Å²) in [4.78, 5) is 10.9. The Morgan fingerprint density at radius 3 is 2.67 bits per heavy atom. The van der Waals surface area contributed by atoms with E-state index >= 15 is 0 Å². The van der Waals surface area contributed by atoms with Crippen molar-refractivity contribution in [3.05, 3.63) is 11.9 Å². The van der Waals surface area contributed by atoms with Crippen LogP contribution < -0.4 is 16.2 Å². The van der Waals surface area contributed by atoms with Crippen LogP contribution in [0.15, 0.2) is 6.07 Å².